The van der Waals surface area contributed by atoms with Crippen LogP contribution in [0.3, 0.4) is 0 Å². The third-order valence-corrected chi connectivity index (χ3v) is 5.04. The molecule has 0 spiro atoms. The first kappa shape index (κ1) is 19.2. The molecule has 0 aliphatic heterocycles. The Morgan fingerprint density at radius 1 is 1.19 bits per heavy atom. The minimum Gasteiger partial charge on any atom is -0.493 e. The van der Waals surface area contributed by atoms with Gasteiger partial charge in [-0.15, -0.1) is 0 Å². The van der Waals surface area contributed by atoms with E-state index < -0.39 is 0 Å². The van der Waals surface area contributed by atoms with E-state index in [0.717, 1.165) is 21.3 Å². The number of ketones is 1. The lowest BCUT2D eigenvalue weighted by Gasteiger charge is -2.18. The number of aryl methyl sites for hydroxylation is 1. The lowest BCUT2D eigenvalue weighted by Crippen LogP contribution is -2.07. The molecule has 3 aromatic rings. The number of nitrogens with zero attached hydrogens (tertiary/aromatic N) is 1. The second-order valence-electron chi connectivity index (χ2n) is 6.33. The van der Waals surface area contributed by atoms with E-state index in [1.165, 1.54) is 0 Å². The number of Topliss-reactive ketones (excluding diaryl/α,β-unsaturated/α-hetero) is 1. The first-order valence-corrected chi connectivity index (χ1v) is 9.39. The van der Waals surface area contributed by atoms with Crippen molar-refractivity contribution < 1.29 is 14.3 Å². The van der Waals surface area contributed by atoms with Crippen molar-refractivity contribution in [3.63, 3.8) is 0 Å². The first-order valence-electron chi connectivity index (χ1n) is 8.59. The minimum atomic E-state index is -0.0901. The van der Waals surface area contributed by atoms with Crippen molar-refractivity contribution in [2.45, 2.75) is 26.2 Å². The number of nitrogens with one attached hydrogen (secondary N) is 1. The van der Waals surface area contributed by atoms with Crippen molar-refractivity contribution in [2.75, 3.05) is 7.11 Å². The Balaban J connectivity index is 1.97. The van der Waals surface area contributed by atoms with Crippen LogP contribution in [0.5, 0.6) is 17.2 Å². The van der Waals surface area contributed by atoms with E-state index in [9.17, 15) is 4.79 Å². The van der Waals surface area contributed by atoms with Crippen molar-refractivity contribution in [1.29, 1.82) is 0 Å². The molecule has 1 atom stereocenters. The summed E-state index contributed by atoms with van der Waals surface area (Å²) in [5.74, 6) is 1.95. The predicted molar refractivity (Wildman–Crippen MR) is 108 cm³/mol. The second-order valence-corrected chi connectivity index (χ2v) is 7.18. The third-order valence-electron chi connectivity index (χ3n) is 4.38. The Morgan fingerprint density at radius 2 is 1.96 bits per heavy atom. The van der Waals surface area contributed by atoms with E-state index in [1.807, 2.05) is 55.6 Å². The molecule has 1 unspecified atom stereocenters. The highest BCUT2D eigenvalue weighted by atomic mass is 79.9. The van der Waals surface area contributed by atoms with Gasteiger partial charge in [0.05, 0.1) is 17.3 Å². The van der Waals surface area contributed by atoms with Gasteiger partial charge in [0, 0.05) is 24.1 Å². The zero-order valence-electron chi connectivity index (χ0n) is 15.5. The molecule has 0 amide bonds. The fourth-order valence-electron chi connectivity index (χ4n) is 3.05. The summed E-state index contributed by atoms with van der Waals surface area (Å²) in [5, 5.41) is 7.08. The molecule has 0 aliphatic rings. The number of aromatic amines is 1. The molecule has 0 radical (unpaired) electrons. The van der Waals surface area contributed by atoms with Gasteiger partial charge in [-0.05, 0) is 59.6 Å². The Hall–Kier alpha value is -2.60. The van der Waals surface area contributed by atoms with Gasteiger partial charge in [0.2, 0.25) is 0 Å². The fraction of sp³-hybridized carbons (Fsp3) is 0.238. The number of aromatic nitrogens is 2. The monoisotopic (exact) mass is 428 g/mol. The molecule has 2 aromatic carbocycles. The van der Waals surface area contributed by atoms with E-state index >= 15 is 0 Å². The molecular formula is C21H21BrN2O3. The van der Waals surface area contributed by atoms with Gasteiger partial charge in [-0.2, -0.15) is 5.10 Å². The number of H-pyrrole nitrogens is 1. The Bertz CT molecular complexity index is 952. The zero-order chi connectivity index (χ0) is 19.4. The molecule has 3 rings (SSSR count). The molecule has 1 aromatic heterocycles. The second kappa shape index (κ2) is 8.39. The van der Waals surface area contributed by atoms with E-state index in [-0.39, 0.29) is 11.7 Å². The summed E-state index contributed by atoms with van der Waals surface area (Å²) in [6.07, 6.45) is 2.24. The van der Waals surface area contributed by atoms with Crippen LogP contribution >= 0.6 is 15.9 Å². The molecule has 0 aliphatic carbocycles. The summed E-state index contributed by atoms with van der Waals surface area (Å²) in [6.45, 7) is 3.53. The first-order chi connectivity index (χ1) is 13.0. The largest absolute Gasteiger partial charge is 0.493 e. The van der Waals surface area contributed by atoms with Crippen LogP contribution in [0.4, 0.5) is 0 Å². The van der Waals surface area contributed by atoms with Gasteiger partial charge >= 0.3 is 0 Å². The van der Waals surface area contributed by atoms with Crippen molar-refractivity contribution in [2.24, 2.45) is 0 Å². The highest BCUT2D eigenvalue weighted by Crippen LogP contribution is 2.39. The van der Waals surface area contributed by atoms with Crippen LogP contribution in [0.1, 0.15) is 36.1 Å². The van der Waals surface area contributed by atoms with Crippen LogP contribution in [0.15, 0.2) is 53.1 Å². The number of benzene rings is 2. The summed E-state index contributed by atoms with van der Waals surface area (Å²) < 4.78 is 12.4. The lowest BCUT2D eigenvalue weighted by molar-refractivity contribution is -0.117. The summed E-state index contributed by atoms with van der Waals surface area (Å²) in [4.78, 5) is 11.8. The Labute approximate surface area is 166 Å². The fourth-order valence-corrected chi connectivity index (χ4v) is 3.41. The van der Waals surface area contributed by atoms with Gasteiger partial charge < -0.3 is 9.47 Å². The Kier molecular flexibility index (Phi) is 5.96. The number of hydrogen-bond acceptors (Lipinski definition) is 4. The average molecular weight is 429 g/mol. The number of halogens is 1. The Morgan fingerprint density at radius 3 is 2.59 bits per heavy atom. The number of hydrogen-bond donors (Lipinski definition) is 1. The molecule has 140 valence electrons. The zero-order valence-corrected chi connectivity index (χ0v) is 17.0. The molecule has 1 N–H and O–H groups in total. The standard InChI is InChI=1S/C21H21BrN2O3/c1-13(25)10-16(17-12-23-24-14(17)2)15-8-9-20(21(11-15)26-3)27-19-7-5-4-6-18(19)22/h4-9,11-12,16H,10H2,1-3H3,(H,23,24). The maximum atomic E-state index is 11.8. The van der Waals surface area contributed by atoms with Gasteiger partial charge in [0.1, 0.15) is 11.5 Å². The van der Waals surface area contributed by atoms with Crippen molar-refractivity contribution in [1.82, 2.24) is 10.2 Å². The van der Waals surface area contributed by atoms with Crippen LogP contribution in [0.2, 0.25) is 0 Å². The van der Waals surface area contributed by atoms with Gasteiger partial charge in [-0.1, -0.05) is 18.2 Å². The van der Waals surface area contributed by atoms with Gasteiger partial charge in [0.25, 0.3) is 0 Å². The smallest absolute Gasteiger partial charge is 0.169 e. The van der Waals surface area contributed by atoms with Gasteiger partial charge in [-0.3, -0.25) is 9.89 Å². The van der Waals surface area contributed by atoms with Crippen molar-refractivity contribution >= 4 is 21.7 Å². The summed E-state index contributed by atoms with van der Waals surface area (Å²) in [6, 6.07) is 13.4. The number of methoxy groups -OCH3 is 1. The number of carbonyl (C=O) groups is 1. The SMILES string of the molecule is COc1cc(C(CC(C)=O)c2c[nH]nc2C)ccc1Oc1ccccc1Br. The van der Waals surface area contributed by atoms with Crippen LogP contribution in [0, 0.1) is 6.92 Å². The molecule has 1 heterocycles. The van der Waals surface area contributed by atoms with Crippen molar-refractivity contribution in [3.05, 3.63) is 70.0 Å². The third kappa shape index (κ3) is 4.39. The molecule has 0 saturated heterocycles. The van der Waals surface area contributed by atoms with Crippen molar-refractivity contribution in [3.8, 4) is 17.2 Å². The normalized spacial score (nSPS) is 11.9. The number of ether oxygens (including phenoxy) is 2. The van der Waals surface area contributed by atoms with Gasteiger partial charge in [-0.25, -0.2) is 0 Å². The van der Waals surface area contributed by atoms with E-state index in [2.05, 4.69) is 26.1 Å². The van der Waals surface area contributed by atoms with Gasteiger partial charge in [0.15, 0.2) is 11.5 Å². The summed E-state index contributed by atoms with van der Waals surface area (Å²) in [7, 11) is 1.61. The minimum absolute atomic E-state index is 0.0901. The number of para-hydroxylation sites is 1. The van der Waals surface area contributed by atoms with Crippen LogP contribution in [0.25, 0.3) is 0 Å². The topological polar surface area (TPSA) is 64.2 Å². The quantitative estimate of drug-likeness (QED) is 0.547. The van der Waals surface area contributed by atoms with E-state index in [4.69, 9.17) is 9.47 Å². The van der Waals surface area contributed by atoms with Crippen LogP contribution in [-0.2, 0) is 4.79 Å². The maximum absolute atomic E-state index is 11.8. The van der Waals surface area contributed by atoms with E-state index in [0.29, 0.717) is 23.7 Å². The molecule has 5 nitrogen and oxygen atoms in total. The number of carbonyl (C=O) groups excluding carboxylic acids is 1. The summed E-state index contributed by atoms with van der Waals surface area (Å²) in [5.41, 5.74) is 2.87. The molecular weight excluding hydrogens is 408 g/mol. The molecule has 0 fully saturated rings. The van der Waals surface area contributed by atoms with E-state index in [1.54, 1.807) is 14.0 Å². The highest BCUT2D eigenvalue weighted by molar-refractivity contribution is 9.10. The number of rotatable bonds is 7. The highest BCUT2D eigenvalue weighted by Gasteiger charge is 2.21. The molecule has 27 heavy (non-hydrogen) atoms. The molecule has 0 saturated carbocycles. The lowest BCUT2D eigenvalue weighted by atomic mass is 9.87. The molecule has 6 heteroatoms. The molecule has 0 bridgehead atoms. The van der Waals surface area contributed by atoms with Crippen LogP contribution in [-0.4, -0.2) is 23.1 Å². The predicted octanol–water partition coefficient (Wildman–Crippen LogP) is 5.39. The summed E-state index contributed by atoms with van der Waals surface area (Å²) >= 11 is 3.49. The van der Waals surface area contributed by atoms with Crippen LogP contribution < -0.4 is 9.47 Å². The maximum Gasteiger partial charge on any atom is 0.169 e. The average Bonchev–Trinajstić information content (AvgIpc) is 3.07.